The van der Waals surface area contributed by atoms with E-state index in [1.165, 1.54) is 37.4 Å². The number of hydrogen-bond donors (Lipinski definition) is 0. The fourth-order valence-corrected chi connectivity index (χ4v) is 2.98. The van der Waals surface area contributed by atoms with Gasteiger partial charge in [-0.2, -0.15) is 0 Å². The Morgan fingerprint density at radius 1 is 0.897 bits per heavy atom. The molecule has 0 bridgehead atoms. The Hall–Kier alpha value is -3.00. The van der Waals surface area contributed by atoms with Gasteiger partial charge in [-0.25, -0.2) is 4.79 Å². The molecular formula is C21H14BrF3O4. The summed E-state index contributed by atoms with van der Waals surface area (Å²) >= 11 is 3.22. The van der Waals surface area contributed by atoms with E-state index in [2.05, 4.69) is 25.4 Å². The Balaban J connectivity index is 2.06. The Morgan fingerprint density at radius 2 is 1.55 bits per heavy atom. The van der Waals surface area contributed by atoms with Gasteiger partial charge in [-0.3, -0.25) is 0 Å². The van der Waals surface area contributed by atoms with E-state index in [0.717, 1.165) is 0 Å². The molecule has 0 heterocycles. The molecule has 0 amide bonds. The van der Waals surface area contributed by atoms with E-state index in [-0.39, 0.29) is 27.1 Å². The van der Waals surface area contributed by atoms with E-state index in [4.69, 9.17) is 4.74 Å². The average molecular weight is 467 g/mol. The van der Waals surface area contributed by atoms with Crippen LogP contribution in [-0.2, 0) is 4.74 Å². The number of halogens is 4. The van der Waals surface area contributed by atoms with Crippen LogP contribution in [0, 0.1) is 0 Å². The Labute approximate surface area is 173 Å². The molecule has 150 valence electrons. The molecule has 0 aliphatic carbocycles. The Morgan fingerprint density at radius 3 is 2.14 bits per heavy atom. The zero-order valence-corrected chi connectivity index (χ0v) is 16.6. The fraction of sp³-hybridized carbons (Fsp3) is 0.0952. The van der Waals surface area contributed by atoms with Gasteiger partial charge in [0.2, 0.25) is 0 Å². The minimum absolute atomic E-state index is 0.144. The molecule has 0 spiro atoms. The van der Waals surface area contributed by atoms with Crippen molar-refractivity contribution in [3.8, 4) is 28.4 Å². The topological polar surface area (TPSA) is 44.8 Å². The van der Waals surface area contributed by atoms with Gasteiger partial charge in [0.1, 0.15) is 5.75 Å². The number of ether oxygens (including phenoxy) is 3. The molecule has 0 radical (unpaired) electrons. The van der Waals surface area contributed by atoms with Gasteiger partial charge in [0, 0.05) is 5.56 Å². The molecular weight excluding hydrogens is 453 g/mol. The second-order valence-corrected chi connectivity index (χ2v) is 6.64. The lowest BCUT2D eigenvalue weighted by Crippen LogP contribution is -2.18. The molecule has 0 saturated carbocycles. The first-order valence-corrected chi connectivity index (χ1v) is 9.07. The van der Waals surface area contributed by atoms with Crippen LogP contribution in [0.3, 0.4) is 0 Å². The van der Waals surface area contributed by atoms with Crippen LogP contribution in [0.25, 0.3) is 11.1 Å². The number of carbonyl (C=O) groups is 1. The Bertz CT molecular complexity index is 1000. The van der Waals surface area contributed by atoms with Gasteiger partial charge in [-0.05, 0) is 57.9 Å². The maximum atomic E-state index is 13.1. The molecule has 0 aromatic heterocycles. The van der Waals surface area contributed by atoms with Gasteiger partial charge in [-0.1, -0.05) is 30.3 Å². The maximum absolute atomic E-state index is 13.1. The van der Waals surface area contributed by atoms with Crippen LogP contribution in [0.2, 0.25) is 0 Å². The van der Waals surface area contributed by atoms with Crippen molar-refractivity contribution in [1.82, 2.24) is 0 Å². The number of carbonyl (C=O) groups excluding carboxylic acids is 1. The second-order valence-electron chi connectivity index (χ2n) is 5.79. The molecule has 0 fully saturated rings. The van der Waals surface area contributed by atoms with E-state index in [9.17, 15) is 18.0 Å². The zero-order valence-electron chi connectivity index (χ0n) is 15.0. The number of esters is 1. The number of methoxy groups -OCH3 is 1. The van der Waals surface area contributed by atoms with Crippen molar-refractivity contribution in [2.24, 2.45) is 0 Å². The lowest BCUT2D eigenvalue weighted by molar-refractivity contribution is -0.274. The van der Waals surface area contributed by atoms with Gasteiger partial charge in [0.15, 0.2) is 11.5 Å². The predicted molar refractivity (Wildman–Crippen MR) is 104 cm³/mol. The van der Waals surface area contributed by atoms with E-state index < -0.39 is 18.1 Å². The van der Waals surface area contributed by atoms with Crippen molar-refractivity contribution in [1.29, 1.82) is 0 Å². The first-order valence-electron chi connectivity index (χ1n) is 8.28. The van der Waals surface area contributed by atoms with Crippen LogP contribution in [-0.4, -0.2) is 19.4 Å². The highest BCUT2D eigenvalue weighted by molar-refractivity contribution is 9.10. The second kappa shape index (κ2) is 8.57. The summed E-state index contributed by atoms with van der Waals surface area (Å²) in [7, 11) is 1.25. The molecule has 0 atom stereocenters. The standard InChI is InChI=1S/C21H14BrF3O4/c1-27-20(26)14-7-9-15(10-8-14)28-19-17(22)12-11-16(13-5-3-2-4-6-13)18(19)29-21(23,24)25/h2-12H,1H3. The van der Waals surface area contributed by atoms with Gasteiger partial charge >= 0.3 is 12.3 Å². The first-order chi connectivity index (χ1) is 13.8. The predicted octanol–water partition coefficient (Wildman–Crippen LogP) is 6.59. The molecule has 0 saturated heterocycles. The van der Waals surface area contributed by atoms with Crippen molar-refractivity contribution >= 4 is 21.9 Å². The van der Waals surface area contributed by atoms with Crippen LogP contribution in [0.1, 0.15) is 10.4 Å². The van der Waals surface area contributed by atoms with Crippen LogP contribution in [0.15, 0.2) is 71.2 Å². The van der Waals surface area contributed by atoms with E-state index >= 15 is 0 Å². The smallest absolute Gasteiger partial charge is 0.465 e. The van der Waals surface area contributed by atoms with E-state index in [0.29, 0.717) is 5.56 Å². The highest BCUT2D eigenvalue weighted by Crippen LogP contribution is 2.47. The van der Waals surface area contributed by atoms with Crippen molar-refractivity contribution < 1.29 is 32.2 Å². The van der Waals surface area contributed by atoms with Crippen molar-refractivity contribution in [2.75, 3.05) is 7.11 Å². The molecule has 8 heteroatoms. The van der Waals surface area contributed by atoms with Crippen LogP contribution >= 0.6 is 15.9 Å². The van der Waals surface area contributed by atoms with Gasteiger partial charge in [0.05, 0.1) is 17.1 Å². The summed E-state index contributed by atoms with van der Waals surface area (Å²) < 4.78 is 54.3. The minimum atomic E-state index is -4.92. The lowest BCUT2D eigenvalue weighted by Gasteiger charge is -2.19. The van der Waals surface area contributed by atoms with Crippen molar-refractivity contribution in [2.45, 2.75) is 6.36 Å². The number of hydrogen-bond acceptors (Lipinski definition) is 4. The quantitative estimate of drug-likeness (QED) is 0.397. The molecule has 3 rings (SSSR count). The number of rotatable bonds is 5. The van der Waals surface area contributed by atoms with Gasteiger partial charge in [0.25, 0.3) is 0 Å². The van der Waals surface area contributed by atoms with Gasteiger partial charge in [-0.15, -0.1) is 13.2 Å². The fourth-order valence-electron chi connectivity index (χ4n) is 2.59. The van der Waals surface area contributed by atoms with Crippen molar-refractivity contribution in [3.05, 3.63) is 76.8 Å². The van der Waals surface area contributed by atoms with E-state index in [1.807, 2.05) is 0 Å². The molecule has 0 N–H and O–H groups in total. The minimum Gasteiger partial charge on any atom is -0.465 e. The maximum Gasteiger partial charge on any atom is 0.573 e. The molecule has 4 nitrogen and oxygen atoms in total. The van der Waals surface area contributed by atoms with Gasteiger partial charge < -0.3 is 14.2 Å². The van der Waals surface area contributed by atoms with Crippen LogP contribution in [0.5, 0.6) is 17.2 Å². The third-order valence-corrected chi connectivity index (χ3v) is 4.49. The molecule has 0 unspecified atom stereocenters. The summed E-state index contributed by atoms with van der Waals surface area (Å²) in [6.45, 7) is 0. The number of benzene rings is 3. The van der Waals surface area contributed by atoms with Crippen LogP contribution in [0.4, 0.5) is 13.2 Å². The summed E-state index contributed by atoms with van der Waals surface area (Å²) in [6.07, 6.45) is -4.92. The molecule has 0 aliphatic heterocycles. The zero-order chi connectivity index (χ0) is 21.0. The number of alkyl halides is 3. The van der Waals surface area contributed by atoms with E-state index in [1.54, 1.807) is 36.4 Å². The third kappa shape index (κ3) is 5.08. The Kier molecular flexibility index (Phi) is 6.12. The third-order valence-electron chi connectivity index (χ3n) is 3.86. The SMILES string of the molecule is COC(=O)c1ccc(Oc2c(Br)ccc(-c3ccccc3)c2OC(F)(F)F)cc1. The largest absolute Gasteiger partial charge is 0.573 e. The lowest BCUT2D eigenvalue weighted by atomic mass is 10.0. The molecule has 29 heavy (non-hydrogen) atoms. The summed E-state index contributed by atoms with van der Waals surface area (Å²) in [5.41, 5.74) is 1.03. The molecule has 3 aromatic carbocycles. The van der Waals surface area contributed by atoms with Crippen molar-refractivity contribution in [3.63, 3.8) is 0 Å². The highest BCUT2D eigenvalue weighted by Gasteiger charge is 2.35. The normalized spacial score (nSPS) is 11.1. The summed E-state index contributed by atoms with van der Waals surface area (Å²) in [4.78, 5) is 11.5. The average Bonchev–Trinajstić information content (AvgIpc) is 2.70. The first kappa shape index (κ1) is 20.7. The summed E-state index contributed by atoms with van der Waals surface area (Å²) in [5.74, 6) is -0.940. The molecule has 0 aliphatic rings. The monoisotopic (exact) mass is 466 g/mol. The summed E-state index contributed by atoms with van der Waals surface area (Å²) in [6, 6.07) is 17.4. The summed E-state index contributed by atoms with van der Waals surface area (Å²) in [5, 5.41) is 0. The highest BCUT2D eigenvalue weighted by atomic mass is 79.9. The molecule has 3 aromatic rings. The van der Waals surface area contributed by atoms with Crippen LogP contribution < -0.4 is 9.47 Å².